The lowest BCUT2D eigenvalue weighted by Crippen LogP contribution is -2.28. The van der Waals surface area contributed by atoms with Crippen molar-refractivity contribution in [3.63, 3.8) is 0 Å². The number of hydrogen-bond acceptors (Lipinski definition) is 2. The summed E-state index contributed by atoms with van der Waals surface area (Å²) in [4.78, 5) is 14.2. The summed E-state index contributed by atoms with van der Waals surface area (Å²) in [5.41, 5.74) is 2.71. The van der Waals surface area contributed by atoms with E-state index >= 15 is 0 Å². The molecule has 108 valence electrons. The molecule has 1 aliphatic heterocycles. The first-order chi connectivity index (χ1) is 10.1. The lowest BCUT2D eigenvalue weighted by atomic mass is 10.1. The van der Waals surface area contributed by atoms with E-state index in [1.54, 1.807) is 16.7 Å². The molecule has 0 aliphatic carbocycles. The van der Waals surface area contributed by atoms with Crippen LogP contribution in [-0.2, 0) is 4.79 Å². The van der Waals surface area contributed by atoms with E-state index in [2.05, 4.69) is 0 Å². The highest BCUT2D eigenvalue weighted by Crippen LogP contribution is 2.45. The lowest BCUT2D eigenvalue weighted by Gasteiger charge is -2.26. The van der Waals surface area contributed by atoms with Crippen molar-refractivity contribution in [1.29, 1.82) is 0 Å². The molecule has 1 fully saturated rings. The molecule has 1 atom stereocenters. The predicted octanol–water partition coefficient (Wildman–Crippen LogP) is 5.08. The second-order valence-electron chi connectivity index (χ2n) is 4.83. The van der Waals surface area contributed by atoms with Gasteiger partial charge in [-0.15, -0.1) is 11.8 Å². The Hall–Kier alpha value is -1.16. The number of carbonyl (C=O) groups is 1. The van der Waals surface area contributed by atoms with E-state index in [4.69, 9.17) is 23.2 Å². The lowest BCUT2D eigenvalue weighted by molar-refractivity contribution is -0.115. The molecule has 1 amide bonds. The highest BCUT2D eigenvalue weighted by atomic mass is 35.5. The average molecular weight is 338 g/mol. The van der Waals surface area contributed by atoms with Crippen molar-refractivity contribution in [2.75, 3.05) is 10.7 Å². The Labute approximate surface area is 138 Å². The quantitative estimate of drug-likeness (QED) is 0.761. The highest BCUT2D eigenvalue weighted by Gasteiger charge is 2.35. The molecule has 0 N–H and O–H groups in total. The number of hydrogen-bond donors (Lipinski definition) is 0. The van der Waals surface area contributed by atoms with Gasteiger partial charge in [0.1, 0.15) is 5.37 Å². The van der Waals surface area contributed by atoms with Crippen LogP contribution in [0.3, 0.4) is 0 Å². The van der Waals surface area contributed by atoms with Crippen molar-refractivity contribution in [2.24, 2.45) is 0 Å². The van der Waals surface area contributed by atoms with Gasteiger partial charge in [-0.3, -0.25) is 9.69 Å². The van der Waals surface area contributed by atoms with Gasteiger partial charge in [0.2, 0.25) is 5.91 Å². The van der Waals surface area contributed by atoms with Crippen LogP contribution in [0.1, 0.15) is 16.5 Å². The summed E-state index contributed by atoms with van der Waals surface area (Å²) in [6.45, 7) is 1.93. The van der Waals surface area contributed by atoms with E-state index < -0.39 is 0 Å². The van der Waals surface area contributed by atoms with Gasteiger partial charge < -0.3 is 0 Å². The van der Waals surface area contributed by atoms with Crippen LogP contribution in [0, 0.1) is 6.92 Å². The van der Waals surface area contributed by atoms with Crippen LogP contribution in [0.4, 0.5) is 5.69 Å². The maximum atomic E-state index is 12.4. The van der Waals surface area contributed by atoms with E-state index in [1.165, 1.54) is 0 Å². The van der Waals surface area contributed by atoms with Crippen LogP contribution < -0.4 is 4.90 Å². The minimum Gasteiger partial charge on any atom is -0.295 e. The van der Waals surface area contributed by atoms with Crippen LogP contribution in [0.25, 0.3) is 0 Å². The number of halogens is 2. The van der Waals surface area contributed by atoms with E-state index in [-0.39, 0.29) is 11.3 Å². The average Bonchev–Trinajstić information content (AvgIpc) is 2.84. The molecule has 0 spiro atoms. The molecule has 1 saturated heterocycles. The number of carbonyl (C=O) groups excluding carboxylic acids is 1. The molecule has 2 nitrogen and oxygen atoms in total. The van der Waals surface area contributed by atoms with Gasteiger partial charge in [0.05, 0.1) is 5.75 Å². The van der Waals surface area contributed by atoms with Crippen molar-refractivity contribution in [3.8, 4) is 0 Å². The van der Waals surface area contributed by atoms with Crippen molar-refractivity contribution in [1.82, 2.24) is 0 Å². The molecule has 3 rings (SSSR count). The van der Waals surface area contributed by atoms with Crippen LogP contribution in [-0.4, -0.2) is 11.7 Å². The van der Waals surface area contributed by atoms with E-state index in [9.17, 15) is 4.79 Å². The fourth-order valence-electron chi connectivity index (χ4n) is 2.45. The smallest absolute Gasteiger partial charge is 0.238 e. The van der Waals surface area contributed by atoms with Crippen molar-refractivity contribution in [3.05, 3.63) is 63.6 Å². The third kappa shape index (κ3) is 2.66. The first kappa shape index (κ1) is 14.8. The Morgan fingerprint density at radius 2 is 1.81 bits per heavy atom. The minimum atomic E-state index is -0.108. The topological polar surface area (TPSA) is 20.3 Å². The summed E-state index contributed by atoms with van der Waals surface area (Å²) in [7, 11) is 0. The summed E-state index contributed by atoms with van der Waals surface area (Å²) in [5.74, 6) is 0.525. The minimum absolute atomic E-state index is 0.0790. The first-order valence-electron chi connectivity index (χ1n) is 6.53. The molecule has 1 unspecified atom stereocenters. The molecule has 1 aliphatic rings. The van der Waals surface area contributed by atoms with Crippen molar-refractivity contribution >= 4 is 46.6 Å². The Morgan fingerprint density at radius 1 is 1.10 bits per heavy atom. The van der Waals surface area contributed by atoms with Gasteiger partial charge in [0.25, 0.3) is 0 Å². The van der Waals surface area contributed by atoms with Gasteiger partial charge in [-0.2, -0.15) is 0 Å². The van der Waals surface area contributed by atoms with E-state index in [1.807, 2.05) is 49.4 Å². The highest BCUT2D eigenvalue weighted by molar-refractivity contribution is 8.00. The zero-order chi connectivity index (χ0) is 15.0. The summed E-state index contributed by atoms with van der Waals surface area (Å²) >= 11 is 14.1. The van der Waals surface area contributed by atoms with Crippen LogP contribution >= 0.6 is 35.0 Å². The summed E-state index contributed by atoms with van der Waals surface area (Å²) in [6, 6.07) is 13.3. The first-order valence-corrected chi connectivity index (χ1v) is 8.33. The number of amides is 1. The third-order valence-electron chi connectivity index (χ3n) is 3.54. The SMILES string of the molecule is Cc1c(Cl)cccc1N1C(=O)CSC1c1ccccc1Cl. The number of anilines is 1. The molecule has 0 radical (unpaired) electrons. The Kier molecular flexibility index (Phi) is 4.16. The third-order valence-corrected chi connectivity index (χ3v) is 5.49. The van der Waals surface area contributed by atoms with Gasteiger partial charge in [-0.1, -0.05) is 47.5 Å². The van der Waals surface area contributed by atoms with Gasteiger partial charge in [-0.05, 0) is 30.7 Å². The van der Waals surface area contributed by atoms with Crippen molar-refractivity contribution < 1.29 is 4.79 Å². The van der Waals surface area contributed by atoms with Gasteiger partial charge >= 0.3 is 0 Å². The maximum Gasteiger partial charge on any atom is 0.238 e. The van der Waals surface area contributed by atoms with Crippen LogP contribution in [0.5, 0.6) is 0 Å². The van der Waals surface area contributed by atoms with Crippen LogP contribution in [0.15, 0.2) is 42.5 Å². The molecule has 2 aromatic carbocycles. The number of thioether (sulfide) groups is 1. The number of rotatable bonds is 2. The zero-order valence-corrected chi connectivity index (χ0v) is 13.7. The molecule has 2 aromatic rings. The standard InChI is InChI=1S/C16H13Cl2NOS/c1-10-12(17)7-4-8-14(10)19-15(20)9-21-16(19)11-5-2-3-6-13(11)18/h2-8,16H,9H2,1H3. The second kappa shape index (κ2) is 5.91. The number of nitrogens with zero attached hydrogens (tertiary/aromatic N) is 1. The molecule has 0 saturated carbocycles. The largest absolute Gasteiger partial charge is 0.295 e. The van der Waals surface area contributed by atoms with Gasteiger partial charge in [-0.25, -0.2) is 0 Å². The summed E-state index contributed by atoms with van der Waals surface area (Å²) in [5, 5.41) is 1.23. The second-order valence-corrected chi connectivity index (χ2v) is 6.72. The van der Waals surface area contributed by atoms with E-state index in [0.29, 0.717) is 15.8 Å². The van der Waals surface area contributed by atoms with Gasteiger partial charge in [0, 0.05) is 21.3 Å². The molecular formula is C16H13Cl2NOS. The summed E-state index contributed by atoms with van der Waals surface area (Å²) in [6.07, 6.45) is 0. The molecule has 5 heteroatoms. The maximum absolute atomic E-state index is 12.4. The normalized spacial score (nSPS) is 18.3. The van der Waals surface area contributed by atoms with Gasteiger partial charge in [0.15, 0.2) is 0 Å². The Morgan fingerprint density at radius 3 is 2.57 bits per heavy atom. The zero-order valence-electron chi connectivity index (χ0n) is 11.3. The number of benzene rings is 2. The fraction of sp³-hybridized carbons (Fsp3) is 0.188. The Bertz CT molecular complexity index is 704. The predicted molar refractivity (Wildman–Crippen MR) is 90.3 cm³/mol. The monoisotopic (exact) mass is 337 g/mol. The van der Waals surface area contributed by atoms with Crippen LogP contribution in [0.2, 0.25) is 10.0 Å². The molecule has 0 bridgehead atoms. The van der Waals surface area contributed by atoms with Crippen molar-refractivity contribution in [2.45, 2.75) is 12.3 Å². The fourth-order valence-corrected chi connectivity index (χ4v) is 4.13. The van der Waals surface area contributed by atoms with E-state index in [0.717, 1.165) is 16.8 Å². The molecular weight excluding hydrogens is 325 g/mol. The molecule has 21 heavy (non-hydrogen) atoms. The molecule has 0 aromatic heterocycles. The molecule has 1 heterocycles. The Balaban J connectivity index is 2.09. The summed E-state index contributed by atoms with van der Waals surface area (Å²) < 4.78 is 0.